The molecule has 1 aliphatic heterocycles. The molecular weight excluding hydrogens is 396 g/mol. The summed E-state index contributed by atoms with van der Waals surface area (Å²) in [6.45, 7) is 0.264. The molecule has 1 aliphatic rings. The number of hydrogen-bond acceptors (Lipinski definition) is 6. The summed E-state index contributed by atoms with van der Waals surface area (Å²) in [6.07, 6.45) is 3.78. The number of benzene rings is 2. The number of hydrogen-bond donors (Lipinski definition) is 0. The number of esters is 1. The number of carbonyl (C=O) groups excluding carboxylic acids is 3. The van der Waals surface area contributed by atoms with Crippen LogP contribution >= 0.6 is 0 Å². The van der Waals surface area contributed by atoms with Crippen LogP contribution in [0.5, 0.6) is 11.5 Å². The lowest BCUT2D eigenvalue weighted by molar-refractivity contribution is -0.139. The maximum Gasteiger partial charge on any atom is 0.338 e. The van der Waals surface area contributed by atoms with Gasteiger partial charge in [0.15, 0.2) is 0 Å². The number of carbonyl (C=O) groups is 3. The standard InChI is InChI=1S/C24H20N2O5/c27-22-11-12-23(28)26(22)15-17-7-9-18(10-8-17)24(29)30-16-19-4-1-2-6-21(19)31-20-5-3-13-25-14-20/h1-10,13-14H,11-12,15-16H2. The van der Waals surface area contributed by atoms with Gasteiger partial charge in [0, 0.05) is 24.6 Å². The Balaban J connectivity index is 1.37. The Hall–Kier alpha value is -4.00. The molecule has 2 amide bonds. The Morgan fingerprint density at radius 2 is 1.68 bits per heavy atom. The largest absolute Gasteiger partial charge is 0.457 e. The van der Waals surface area contributed by atoms with E-state index in [0.717, 1.165) is 11.1 Å². The molecule has 31 heavy (non-hydrogen) atoms. The number of likely N-dealkylation sites (tertiary alicyclic amines) is 1. The smallest absolute Gasteiger partial charge is 0.338 e. The maximum absolute atomic E-state index is 12.5. The first-order valence-corrected chi connectivity index (χ1v) is 9.85. The number of nitrogens with zero attached hydrogens (tertiary/aromatic N) is 2. The first-order chi connectivity index (χ1) is 15.1. The number of para-hydroxylation sites is 1. The molecule has 4 rings (SSSR count). The van der Waals surface area contributed by atoms with Crippen LogP contribution in [-0.4, -0.2) is 27.7 Å². The van der Waals surface area contributed by atoms with E-state index in [1.807, 2.05) is 18.2 Å². The fraction of sp³-hybridized carbons (Fsp3) is 0.167. The molecular formula is C24H20N2O5. The number of ether oxygens (including phenoxy) is 2. The molecule has 0 bridgehead atoms. The normalized spacial score (nSPS) is 13.4. The van der Waals surface area contributed by atoms with E-state index in [2.05, 4.69) is 4.98 Å². The summed E-state index contributed by atoms with van der Waals surface area (Å²) < 4.78 is 11.3. The van der Waals surface area contributed by atoms with Gasteiger partial charge in [-0.1, -0.05) is 30.3 Å². The molecule has 0 aliphatic carbocycles. The third-order valence-electron chi connectivity index (χ3n) is 4.88. The highest BCUT2D eigenvalue weighted by Gasteiger charge is 2.28. The van der Waals surface area contributed by atoms with Gasteiger partial charge >= 0.3 is 5.97 Å². The summed E-state index contributed by atoms with van der Waals surface area (Å²) in [6, 6.07) is 17.6. The highest BCUT2D eigenvalue weighted by atomic mass is 16.5. The predicted molar refractivity (Wildman–Crippen MR) is 111 cm³/mol. The zero-order valence-electron chi connectivity index (χ0n) is 16.7. The van der Waals surface area contributed by atoms with Crippen molar-refractivity contribution in [3.8, 4) is 11.5 Å². The zero-order valence-corrected chi connectivity index (χ0v) is 16.7. The van der Waals surface area contributed by atoms with Crippen LogP contribution in [-0.2, 0) is 27.5 Å². The van der Waals surface area contributed by atoms with Crippen LogP contribution in [0, 0.1) is 0 Å². The summed E-state index contributed by atoms with van der Waals surface area (Å²) in [7, 11) is 0. The SMILES string of the molecule is O=C(OCc1ccccc1Oc1cccnc1)c1ccc(CN2C(=O)CCC2=O)cc1. The predicted octanol–water partition coefficient (Wildman–Crippen LogP) is 3.88. The van der Waals surface area contributed by atoms with Gasteiger partial charge in [0.2, 0.25) is 11.8 Å². The molecule has 7 heteroatoms. The Morgan fingerprint density at radius 3 is 2.39 bits per heavy atom. The van der Waals surface area contributed by atoms with E-state index in [9.17, 15) is 14.4 Å². The molecule has 2 heterocycles. The van der Waals surface area contributed by atoms with Gasteiger partial charge in [-0.2, -0.15) is 0 Å². The minimum absolute atomic E-state index is 0.0494. The van der Waals surface area contributed by atoms with Gasteiger partial charge in [-0.3, -0.25) is 19.5 Å². The first kappa shape index (κ1) is 20.3. The van der Waals surface area contributed by atoms with E-state index in [-0.39, 0.29) is 37.8 Å². The Morgan fingerprint density at radius 1 is 0.935 bits per heavy atom. The van der Waals surface area contributed by atoms with E-state index in [0.29, 0.717) is 17.1 Å². The zero-order chi connectivity index (χ0) is 21.6. The fourth-order valence-corrected chi connectivity index (χ4v) is 3.21. The molecule has 2 aromatic carbocycles. The summed E-state index contributed by atoms with van der Waals surface area (Å²) in [5, 5.41) is 0. The highest BCUT2D eigenvalue weighted by molar-refractivity contribution is 6.01. The van der Waals surface area contributed by atoms with Gasteiger partial charge in [0.05, 0.1) is 18.3 Å². The van der Waals surface area contributed by atoms with Crippen molar-refractivity contribution in [2.45, 2.75) is 26.0 Å². The Labute approximate surface area is 179 Å². The van der Waals surface area contributed by atoms with Crippen molar-refractivity contribution in [1.29, 1.82) is 0 Å². The molecule has 1 aromatic heterocycles. The van der Waals surface area contributed by atoms with Crippen LogP contribution in [0.4, 0.5) is 0 Å². The highest BCUT2D eigenvalue weighted by Crippen LogP contribution is 2.25. The Kier molecular flexibility index (Phi) is 6.03. The van der Waals surface area contributed by atoms with Crippen LogP contribution in [0.2, 0.25) is 0 Å². The molecule has 1 fully saturated rings. The lowest BCUT2D eigenvalue weighted by atomic mass is 10.1. The van der Waals surface area contributed by atoms with Gasteiger partial charge in [0.25, 0.3) is 0 Å². The molecule has 7 nitrogen and oxygen atoms in total. The van der Waals surface area contributed by atoms with Crippen LogP contribution in [0.3, 0.4) is 0 Å². The van der Waals surface area contributed by atoms with E-state index >= 15 is 0 Å². The van der Waals surface area contributed by atoms with Crippen LogP contribution in [0.1, 0.15) is 34.3 Å². The average Bonchev–Trinajstić information content (AvgIpc) is 3.11. The third kappa shape index (κ3) is 4.95. The number of pyridine rings is 1. The van der Waals surface area contributed by atoms with Crippen molar-refractivity contribution in [3.05, 3.63) is 89.7 Å². The van der Waals surface area contributed by atoms with Crippen molar-refractivity contribution >= 4 is 17.8 Å². The lowest BCUT2D eigenvalue weighted by Gasteiger charge is -2.14. The van der Waals surface area contributed by atoms with E-state index < -0.39 is 5.97 Å². The van der Waals surface area contributed by atoms with Gasteiger partial charge in [-0.15, -0.1) is 0 Å². The second-order valence-electron chi connectivity index (χ2n) is 7.05. The van der Waals surface area contributed by atoms with Crippen molar-refractivity contribution in [1.82, 2.24) is 9.88 Å². The third-order valence-corrected chi connectivity index (χ3v) is 4.88. The summed E-state index contributed by atoms with van der Waals surface area (Å²) in [4.78, 5) is 41.2. The molecule has 0 radical (unpaired) electrons. The monoisotopic (exact) mass is 416 g/mol. The number of imide groups is 1. The first-order valence-electron chi connectivity index (χ1n) is 9.85. The summed E-state index contributed by atoms with van der Waals surface area (Å²) in [5.41, 5.74) is 1.88. The van der Waals surface area contributed by atoms with Gasteiger partial charge in [-0.25, -0.2) is 4.79 Å². The average molecular weight is 416 g/mol. The number of rotatable bonds is 7. The quantitative estimate of drug-likeness (QED) is 0.429. The van der Waals surface area contributed by atoms with Gasteiger partial charge < -0.3 is 9.47 Å². The molecule has 0 spiro atoms. The van der Waals surface area contributed by atoms with E-state index in [1.165, 1.54) is 4.90 Å². The van der Waals surface area contributed by atoms with Crippen molar-refractivity contribution in [2.24, 2.45) is 0 Å². The maximum atomic E-state index is 12.5. The van der Waals surface area contributed by atoms with Crippen molar-refractivity contribution in [2.75, 3.05) is 0 Å². The molecule has 0 atom stereocenters. The van der Waals surface area contributed by atoms with Crippen molar-refractivity contribution < 1.29 is 23.9 Å². The molecule has 0 saturated carbocycles. The van der Waals surface area contributed by atoms with E-state index in [1.54, 1.807) is 54.9 Å². The molecule has 1 saturated heterocycles. The molecule has 0 N–H and O–H groups in total. The number of aromatic nitrogens is 1. The van der Waals surface area contributed by atoms with Crippen molar-refractivity contribution in [3.63, 3.8) is 0 Å². The number of amides is 2. The second-order valence-corrected chi connectivity index (χ2v) is 7.05. The molecule has 0 unspecified atom stereocenters. The molecule has 156 valence electrons. The van der Waals surface area contributed by atoms with Crippen LogP contribution in [0.25, 0.3) is 0 Å². The minimum atomic E-state index is -0.476. The second kappa shape index (κ2) is 9.21. The minimum Gasteiger partial charge on any atom is -0.457 e. The summed E-state index contributed by atoms with van der Waals surface area (Å²) >= 11 is 0. The van der Waals surface area contributed by atoms with Gasteiger partial charge in [-0.05, 0) is 35.9 Å². The van der Waals surface area contributed by atoms with Crippen LogP contribution in [0.15, 0.2) is 73.1 Å². The summed E-state index contributed by atoms with van der Waals surface area (Å²) in [5.74, 6) is 0.364. The topological polar surface area (TPSA) is 85.8 Å². The lowest BCUT2D eigenvalue weighted by Crippen LogP contribution is -2.28. The van der Waals surface area contributed by atoms with Crippen LogP contribution < -0.4 is 4.74 Å². The Bertz CT molecular complexity index is 1080. The fourth-order valence-electron chi connectivity index (χ4n) is 3.21. The molecule has 3 aromatic rings. The van der Waals surface area contributed by atoms with E-state index in [4.69, 9.17) is 9.47 Å². The van der Waals surface area contributed by atoms with Gasteiger partial charge in [0.1, 0.15) is 18.1 Å².